The van der Waals surface area contributed by atoms with E-state index < -0.39 is 0 Å². The molecule has 0 aromatic heterocycles. The van der Waals surface area contributed by atoms with Crippen LogP contribution >= 0.6 is 0 Å². The first kappa shape index (κ1) is 13.6. The Morgan fingerprint density at radius 2 is 1.95 bits per heavy atom. The summed E-state index contributed by atoms with van der Waals surface area (Å²) in [5, 5.41) is 0. The van der Waals surface area contributed by atoms with E-state index in [2.05, 4.69) is 5.43 Å². The normalized spacial score (nSPS) is 13.8. The molecule has 4 nitrogen and oxygen atoms in total. The van der Waals surface area contributed by atoms with Crippen LogP contribution in [0.1, 0.15) is 40.2 Å². The molecule has 3 rings (SSSR count). The summed E-state index contributed by atoms with van der Waals surface area (Å²) in [6.45, 7) is 0.430. The van der Waals surface area contributed by atoms with Gasteiger partial charge in [-0.05, 0) is 42.0 Å². The second-order valence-corrected chi connectivity index (χ2v) is 5.28. The highest BCUT2D eigenvalue weighted by molar-refractivity contribution is 5.96. The topological polar surface area (TPSA) is 64.3 Å². The smallest absolute Gasteiger partial charge is 0.268 e. The highest BCUT2D eigenvalue weighted by atomic mass is 16.5. The first-order valence-electron chi connectivity index (χ1n) is 7.09. The molecule has 0 atom stereocenters. The third-order valence-corrected chi connectivity index (χ3v) is 3.67. The van der Waals surface area contributed by atoms with Gasteiger partial charge in [0.2, 0.25) is 0 Å². The first-order valence-corrected chi connectivity index (χ1v) is 7.09. The third kappa shape index (κ3) is 3.23. The maximum atomic E-state index is 11.8. The van der Waals surface area contributed by atoms with Gasteiger partial charge in [-0.25, -0.2) is 5.84 Å². The fourth-order valence-electron chi connectivity index (χ4n) is 2.33. The van der Waals surface area contributed by atoms with Crippen LogP contribution < -0.4 is 16.0 Å². The molecule has 4 heteroatoms. The van der Waals surface area contributed by atoms with Gasteiger partial charge in [0.05, 0.1) is 5.56 Å². The van der Waals surface area contributed by atoms with Gasteiger partial charge in [-0.2, -0.15) is 0 Å². The number of nitrogens with two attached hydrogens (primary N) is 1. The van der Waals surface area contributed by atoms with Crippen molar-refractivity contribution in [3.8, 4) is 5.75 Å². The monoisotopic (exact) mass is 282 g/mol. The minimum absolute atomic E-state index is 0.333. The number of nitrogen functional groups attached to an aromatic ring is 1. The van der Waals surface area contributed by atoms with Crippen molar-refractivity contribution in [1.82, 2.24) is 5.43 Å². The molecule has 2 aromatic rings. The molecule has 1 aliphatic carbocycles. The van der Waals surface area contributed by atoms with Crippen LogP contribution in [0.4, 0.5) is 0 Å². The predicted octanol–water partition coefficient (Wildman–Crippen LogP) is 2.75. The Morgan fingerprint density at radius 1 is 1.19 bits per heavy atom. The molecule has 0 radical (unpaired) electrons. The number of carbonyl (C=O) groups is 1. The van der Waals surface area contributed by atoms with Crippen molar-refractivity contribution >= 4 is 5.91 Å². The first-order chi connectivity index (χ1) is 10.3. The van der Waals surface area contributed by atoms with Crippen molar-refractivity contribution in [3.63, 3.8) is 0 Å². The summed E-state index contributed by atoms with van der Waals surface area (Å²) in [5.74, 6) is 6.10. The SMILES string of the molecule is NNC(=O)c1ccc(C2CC2)cc1OCc1ccccc1. The quantitative estimate of drug-likeness (QED) is 0.503. The molecule has 1 saturated carbocycles. The summed E-state index contributed by atoms with van der Waals surface area (Å²) in [7, 11) is 0. The summed E-state index contributed by atoms with van der Waals surface area (Å²) in [5.41, 5.74) is 4.93. The summed E-state index contributed by atoms with van der Waals surface area (Å²) in [6.07, 6.45) is 2.42. The Bertz CT molecular complexity index is 636. The Hall–Kier alpha value is -2.33. The van der Waals surface area contributed by atoms with Crippen LogP contribution in [-0.4, -0.2) is 5.91 Å². The van der Waals surface area contributed by atoms with E-state index in [-0.39, 0.29) is 5.91 Å². The Morgan fingerprint density at radius 3 is 2.62 bits per heavy atom. The summed E-state index contributed by atoms with van der Waals surface area (Å²) >= 11 is 0. The van der Waals surface area contributed by atoms with Gasteiger partial charge in [0.15, 0.2) is 0 Å². The average Bonchev–Trinajstić information content (AvgIpc) is 3.38. The zero-order valence-electron chi connectivity index (χ0n) is 11.7. The maximum absolute atomic E-state index is 11.8. The fraction of sp³-hybridized carbons (Fsp3) is 0.235. The number of hydrogen-bond donors (Lipinski definition) is 2. The van der Waals surface area contributed by atoms with E-state index in [4.69, 9.17) is 10.6 Å². The molecule has 1 amide bonds. The van der Waals surface area contributed by atoms with Gasteiger partial charge in [-0.15, -0.1) is 0 Å². The molecule has 0 spiro atoms. The third-order valence-electron chi connectivity index (χ3n) is 3.67. The van der Waals surface area contributed by atoms with Crippen molar-refractivity contribution < 1.29 is 9.53 Å². The van der Waals surface area contributed by atoms with Gasteiger partial charge in [0, 0.05) is 0 Å². The van der Waals surface area contributed by atoms with Gasteiger partial charge in [0.25, 0.3) is 5.91 Å². The number of hydrazine groups is 1. The molecule has 0 heterocycles. The second-order valence-electron chi connectivity index (χ2n) is 5.28. The summed E-state index contributed by atoms with van der Waals surface area (Å²) in [6, 6.07) is 15.6. The number of carbonyl (C=O) groups excluding carboxylic acids is 1. The van der Waals surface area contributed by atoms with Gasteiger partial charge in [-0.3, -0.25) is 10.2 Å². The number of ether oxygens (including phenoxy) is 1. The lowest BCUT2D eigenvalue weighted by Gasteiger charge is -2.12. The molecule has 1 fully saturated rings. The van der Waals surface area contributed by atoms with Crippen LogP contribution in [0.3, 0.4) is 0 Å². The van der Waals surface area contributed by atoms with E-state index >= 15 is 0 Å². The van der Waals surface area contributed by atoms with E-state index in [1.54, 1.807) is 6.07 Å². The van der Waals surface area contributed by atoms with E-state index in [9.17, 15) is 4.79 Å². The van der Waals surface area contributed by atoms with Crippen LogP contribution in [-0.2, 0) is 6.61 Å². The van der Waals surface area contributed by atoms with Gasteiger partial charge >= 0.3 is 0 Å². The van der Waals surface area contributed by atoms with E-state index in [1.165, 1.54) is 18.4 Å². The van der Waals surface area contributed by atoms with Crippen LogP contribution in [0.25, 0.3) is 0 Å². The molecule has 0 saturated heterocycles. The molecule has 0 aliphatic heterocycles. The Kier molecular flexibility index (Phi) is 3.88. The number of hydrogen-bond acceptors (Lipinski definition) is 3. The standard InChI is InChI=1S/C17H18N2O2/c18-19-17(20)15-9-8-14(13-6-7-13)10-16(15)21-11-12-4-2-1-3-5-12/h1-5,8-10,13H,6-7,11,18H2,(H,19,20). The lowest BCUT2D eigenvalue weighted by atomic mass is 10.1. The van der Waals surface area contributed by atoms with Crippen molar-refractivity contribution in [2.45, 2.75) is 25.4 Å². The number of benzene rings is 2. The van der Waals surface area contributed by atoms with E-state index in [0.29, 0.717) is 23.8 Å². The summed E-state index contributed by atoms with van der Waals surface area (Å²) < 4.78 is 5.85. The largest absolute Gasteiger partial charge is 0.488 e. The molecule has 2 aromatic carbocycles. The molecule has 1 aliphatic rings. The molecule has 3 N–H and O–H groups in total. The Balaban J connectivity index is 1.83. The summed E-state index contributed by atoms with van der Waals surface area (Å²) in [4.78, 5) is 11.8. The lowest BCUT2D eigenvalue weighted by Crippen LogP contribution is -2.30. The van der Waals surface area contributed by atoms with Crippen molar-refractivity contribution in [2.75, 3.05) is 0 Å². The fourth-order valence-corrected chi connectivity index (χ4v) is 2.33. The highest BCUT2D eigenvalue weighted by Gasteiger charge is 2.25. The average molecular weight is 282 g/mol. The Labute approximate surface area is 123 Å². The van der Waals surface area contributed by atoms with E-state index in [1.807, 2.05) is 42.5 Å². The second kappa shape index (κ2) is 5.97. The molecule has 0 bridgehead atoms. The molecule has 108 valence electrons. The lowest BCUT2D eigenvalue weighted by molar-refractivity contribution is 0.0949. The molecular formula is C17H18N2O2. The number of amides is 1. The van der Waals surface area contributed by atoms with Crippen LogP contribution in [0.2, 0.25) is 0 Å². The number of nitrogens with one attached hydrogen (secondary N) is 1. The number of rotatable bonds is 5. The highest BCUT2D eigenvalue weighted by Crippen LogP contribution is 2.41. The zero-order chi connectivity index (χ0) is 14.7. The zero-order valence-corrected chi connectivity index (χ0v) is 11.7. The van der Waals surface area contributed by atoms with Crippen molar-refractivity contribution in [3.05, 3.63) is 65.2 Å². The minimum atomic E-state index is -0.333. The van der Waals surface area contributed by atoms with Crippen LogP contribution in [0, 0.1) is 0 Å². The molecule has 21 heavy (non-hydrogen) atoms. The van der Waals surface area contributed by atoms with Gasteiger partial charge in [0.1, 0.15) is 12.4 Å². The van der Waals surface area contributed by atoms with Crippen molar-refractivity contribution in [2.24, 2.45) is 5.84 Å². The maximum Gasteiger partial charge on any atom is 0.268 e. The van der Waals surface area contributed by atoms with Gasteiger partial charge in [-0.1, -0.05) is 36.4 Å². The van der Waals surface area contributed by atoms with Gasteiger partial charge < -0.3 is 4.74 Å². The van der Waals surface area contributed by atoms with E-state index in [0.717, 1.165) is 5.56 Å². The molecule has 0 unspecified atom stereocenters. The molecular weight excluding hydrogens is 264 g/mol. The van der Waals surface area contributed by atoms with Crippen LogP contribution in [0.15, 0.2) is 48.5 Å². The predicted molar refractivity (Wildman–Crippen MR) is 80.8 cm³/mol. The van der Waals surface area contributed by atoms with Crippen LogP contribution in [0.5, 0.6) is 5.75 Å². The minimum Gasteiger partial charge on any atom is -0.488 e. The van der Waals surface area contributed by atoms with Crippen molar-refractivity contribution in [1.29, 1.82) is 0 Å².